The molecule has 0 aliphatic heterocycles. The number of para-hydroxylation sites is 1. The number of hydrogen-bond acceptors (Lipinski definition) is 2. The Morgan fingerprint density at radius 3 is 2.67 bits per heavy atom. The lowest BCUT2D eigenvalue weighted by Gasteiger charge is -2.16. The zero-order valence-corrected chi connectivity index (χ0v) is 12.0. The van der Waals surface area contributed by atoms with Crippen molar-refractivity contribution in [2.24, 2.45) is 0 Å². The molecule has 4 heteroatoms. The van der Waals surface area contributed by atoms with Gasteiger partial charge in [0, 0.05) is 6.04 Å². The third-order valence-electron chi connectivity index (χ3n) is 3.83. The van der Waals surface area contributed by atoms with E-state index < -0.39 is 0 Å². The molecule has 21 heavy (non-hydrogen) atoms. The van der Waals surface area contributed by atoms with Gasteiger partial charge in [0.25, 0.3) is 0 Å². The summed E-state index contributed by atoms with van der Waals surface area (Å²) in [5.41, 5.74) is 8.37. The van der Waals surface area contributed by atoms with Crippen LogP contribution < -0.4 is 5.73 Å². The number of anilines is 1. The van der Waals surface area contributed by atoms with Gasteiger partial charge in [-0.25, -0.2) is 9.37 Å². The number of aryl methyl sites for hydroxylation is 1. The van der Waals surface area contributed by atoms with Crippen molar-refractivity contribution in [3.05, 3.63) is 59.9 Å². The highest BCUT2D eigenvalue weighted by Gasteiger charge is 2.16. The Bertz CT molecular complexity index is 749. The first-order chi connectivity index (χ1) is 10.2. The number of nitrogen functional groups attached to an aromatic ring is 1. The summed E-state index contributed by atoms with van der Waals surface area (Å²) in [7, 11) is 0. The van der Waals surface area contributed by atoms with Crippen LogP contribution in [0.4, 0.5) is 10.3 Å². The standard InChI is InChI=1S/C17H18FN3/c1-12(10-11-13-6-3-2-4-7-13)21-15-9-5-8-14(18)16(15)20-17(21)19/h2-9,12H,10-11H2,1H3,(H2,19,20). The lowest BCUT2D eigenvalue weighted by atomic mass is 10.1. The van der Waals surface area contributed by atoms with Crippen LogP contribution in [0, 0.1) is 5.82 Å². The Morgan fingerprint density at radius 1 is 1.14 bits per heavy atom. The van der Waals surface area contributed by atoms with Crippen LogP contribution >= 0.6 is 0 Å². The zero-order valence-electron chi connectivity index (χ0n) is 12.0. The van der Waals surface area contributed by atoms with Crippen molar-refractivity contribution in [2.75, 3.05) is 5.73 Å². The summed E-state index contributed by atoms with van der Waals surface area (Å²) in [5, 5.41) is 0. The van der Waals surface area contributed by atoms with Gasteiger partial charge in [-0.3, -0.25) is 0 Å². The van der Waals surface area contributed by atoms with E-state index in [9.17, 15) is 4.39 Å². The van der Waals surface area contributed by atoms with E-state index in [0.29, 0.717) is 11.5 Å². The second-order valence-corrected chi connectivity index (χ2v) is 5.32. The molecule has 1 unspecified atom stereocenters. The van der Waals surface area contributed by atoms with Crippen LogP contribution in [0.15, 0.2) is 48.5 Å². The van der Waals surface area contributed by atoms with Crippen molar-refractivity contribution in [3.8, 4) is 0 Å². The third kappa shape index (κ3) is 2.61. The first-order valence-electron chi connectivity index (χ1n) is 7.12. The summed E-state index contributed by atoms with van der Waals surface area (Å²) in [6.07, 6.45) is 1.88. The molecular formula is C17H18FN3. The van der Waals surface area contributed by atoms with E-state index in [1.807, 2.05) is 28.8 Å². The summed E-state index contributed by atoms with van der Waals surface area (Å²) >= 11 is 0. The van der Waals surface area contributed by atoms with E-state index in [2.05, 4.69) is 24.0 Å². The van der Waals surface area contributed by atoms with Crippen LogP contribution in [0.25, 0.3) is 11.0 Å². The number of imidazole rings is 1. The average Bonchev–Trinajstić information content (AvgIpc) is 2.84. The molecule has 2 N–H and O–H groups in total. The Kier molecular flexibility index (Phi) is 3.60. The molecule has 0 fully saturated rings. The maximum Gasteiger partial charge on any atom is 0.201 e. The molecule has 0 aliphatic rings. The SMILES string of the molecule is CC(CCc1ccccc1)n1c(N)nc2c(F)cccc21. The monoisotopic (exact) mass is 283 g/mol. The molecule has 0 saturated carbocycles. The van der Waals surface area contributed by atoms with Gasteiger partial charge in [0.2, 0.25) is 5.95 Å². The van der Waals surface area contributed by atoms with Gasteiger partial charge in [0.05, 0.1) is 5.52 Å². The lowest BCUT2D eigenvalue weighted by Crippen LogP contribution is -2.09. The van der Waals surface area contributed by atoms with Crippen LogP contribution in [-0.2, 0) is 6.42 Å². The van der Waals surface area contributed by atoms with Gasteiger partial charge in [0.15, 0.2) is 5.82 Å². The van der Waals surface area contributed by atoms with Crippen molar-refractivity contribution >= 4 is 17.0 Å². The molecule has 1 heterocycles. The van der Waals surface area contributed by atoms with Crippen molar-refractivity contribution in [1.29, 1.82) is 0 Å². The molecule has 0 aliphatic carbocycles. The van der Waals surface area contributed by atoms with Crippen molar-refractivity contribution < 1.29 is 4.39 Å². The molecule has 3 nitrogen and oxygen atoms in total. The van der Waals surface area contributed by atoms with E-state index in [1.165, 1.54) is 11.6 Å². The van der Waals surface area contributed by atoms with Crippen LogP contribution in [-0.4, -0.2) is 9.55 Å². The lowest BCUT2D eigenvalue weighted by molar-refractivity contribution is 0.525. The third-order valence-corrected chi connectivity index (χ3v) is 3.83. The van der Waals surface area contributed by atoms with Gasteiger partial charge in [-0.15, -0.1) is 0 Å². The maximum absolute atomic E-state index is 13.8. The predicted molar refractivity (Wildman–Crippen MR) is 83.6 cm³/mol. The molecule has 1 atom stereocenters. The minimum atomic E-state index is -0.326. The number of benzene rings is 2. The van der Waals surface area contributed by atoms with Crippen LogP contribution in [0.2, 0.25) is 0 Å². The van der Waals surface area contributed by atoms with Gasteiger partial charge in [-0.2, -0.15) is 0 Å². The molecule has 3 aromatic rings. The molecule has 3 rings (SSSR count). The van der Waals surface area contributed by atoms with E-state index in [0.717, 1.165) is 18.4 Å². The molecule has 0 bridgehead atoms. The predicted octanol–water partition coefficient (Wildman–Crippen LogP) is 3.95. The minimum Gasteiger partial charge on any atom is -0.369 e. The van der Waals surface area contributed by atoms with Gasteiger partial charge < -0.3 is 10.3 Å². The summed E-state index contributed by atoms with van der Waals surface area (Å²) in [4.78, 5) is 4.15. The van der Waals surface area contributed by atoms with Gasteiger partial charge >= 0.3 is 0 Å². The smallest absolute Gasteiger partial charge is 0.201 e. The topological polar surface area (TPSA) is 43.8 Å². The molecule has 0 spiro atoms. The molecule has 108 valence electrons. The first kappa shape index (κ1) is 13.6. The first-order valence-corrected chi connectivity index (χ1v) is 7.12. The number of aromatic nitrogens is 2. The summed E-state index contributed by atoms with van der Waals surface area (Å²) < 4.78 is 15.7. The second kappa shape index (κ2) is 5.56. The fourth-order valence-electron chi connectivity index (χ4n) is 2.71. The van der Waals surface area contributed by atoms with E-state index in [4.69, 9.17) is 5.73 Å². The van der Waals surface area contributed by atoms with Crippen molar-refractivity contribution in [3.63, 3.8) is 0 Å². The number of nitrogens with two attached hydrogens (primary N) is 1. The van der Waals surface area contributed by atoms with Gasteiger partial charge in [-0.05, 0) is 37.5 Å². The highest BCUT2D eigenvalue weighted by molar-refractivity contribution is 5.79. The van der Waals surface area contributed by atoms with E-state index in [-0.39, 0.29) is 11.9 Å². The van der Waals surface area contributed by atoms with E-state index in [1.54, 1.807) is 6.07 Å². The van der Waals surface area contributed by atoms with Crippen LogP contribution in [0.5, 0.6) is 0 Å². The highest BCUT2D eigenvalue weighted by atomic mass is 19.1. The van der Waals surface area contributed by atoms with Crippen molar-refractivity contribution in [2.45, 2.75) is 25.8 Å². The van der Waals surface area contributed by atoms with Crippen LogP contribution in [0.1, 0.15) is 24.9 Å². The molecule has 0 saturated heterocycles. The Balaban J connectivity index is 1.86. The summed E-state index contributed by atoms with van der Waals surface area (Å²) in [6, 6.07) is 15.4. The molecular weight excluding hydrogens is 265 g/mol. The molecule has 1 aromatic heterocycles. The number of hydrogen-bond donors (Lipinski definition) is 1. The molecule has 0 amide bonds. The minimum absolute atomic E-state index is 0.164. The van der Waals surface area contributed by atoms with Gasteiger partial charge in [0.1, 0.15) is 5.52 Å². The highest BCUT2D eigenvalue weighted by Crippen LogP contribution is 2.26. The Morgan fingerprint density at radius 2 is 1.90 bits per heavy atom. The van der Waals surface area contributed by atoms with Gasteiger partial charge in [-0.1, -0.05) is 36.4 Å². The molecule has 0 radical (unpaired) electrons. The second-order valence-electron chi connectivity index (χ2n) is 5.32. The fraction of sp³-hybridized carbons (Fsp3) is 0.235. The summed E-state index contributed by atoms with van der Waals surface area (Å²) in [5.74, 6) is 0.0453. The maximum atomic E-state index is 13.8. The van der Waals surface area contributed by atoms with E-state index >= 15 is 0 Å². The Hall–Kier alpha value is -2.36. The largest absolute Gasteiger partial charge is 0.369 e. The number of nitrogens with zero attached hydrogens (tertiary/aromatic N) is 2. The molecule has 2 aromatic carbocycles. The fourth-order valence-corrected chi connectivity index (χ4v) is 2.71. The zero-order chi connectivity index (χ0) is 14.8. The number of halogens is 1. The average molecular weight is 283 g/mol. The quantitative estimate of drug-likeness (QED) is 0.788. The summed E-state index contributed by atoms with van der Waals surface area (Å²) in [6.45, 7) is 2.09. The number of fused-ring (bicyclic) bond motifs is 1. The van der Waals surface area contributed by atoms with Crippen molar-refractivity contribution in [1.82, 2.24) is 9.55 Å². The Labute approximate surface area is 123 Å². The number of rotatable bonds is 4. The normalized spacial score (nSPS) is 12.7. The van der Waals surface area contributed by atoms with Crippen LogP contribution in [0.3, 0.4) is 0 Å².